The van der Waals surface area contributed by atoms with Crippen molar-refractivity contribution >= 4 is 39.9 Å². The molecule has 1 aromatic heterocycles. The number of amides is 1. The zero-order valence-electron chi connectivity index (χ0n) is 18.7. The summed E-state index contributed by atoms with van der Waals surface area (Å²) in [5, 5.41) is 20.9. The molecule has 0 spiro atoms. The third-order valence-corrected chi connectivity index (χ3v) is 6.12. The monoisotopic (exact) mass is 502 g/mol. The summed E-state index contributed by atoms with van der Waals surface area (Å²) < 4.78 is 24.8. The van der Waals surface area contributed by atoms with E-state index < -0.39 is 29.3 Å². The lowest BCUT2D eigenvalue weighted by Gasteiger charge is -2.26. The van der Waals surface area contributed by atoms with E-state index in [0.717, 1.165) is 0 Å². The van der Waals surface area contributed by atoms with Crippen LogP contribution < -0.4 is 9.64 Å². The summed E-state index contributed by atoms with van der Waals surface area (Å²) in [7, 11) is 1.43. The summed E-state index contributed by atoms with van der Waals surface area (Å²) >= 11 is 6.13. The van der Waals surface area contributed by atoms with Gasteiger partial charge in [-0.2, -0.15) is 5.26 Å². The normalized spacial score (nSPS) is 15.4. The largest absolute Gasteiger partial charge is 0.503 e. The molecule has 0 saturated carbocycles. The van der Waals surface area contributed by atoms with Gasteiger partial charge >= 0.3 is 0 Å². The summed E-state index contributed by atoms with van der Waals surface area (Å²) in [5.41, 5.74) is 1.13. The predicted octanol–water partition coefficient (Wildman–Crippen LogP) is 5.89. The summed E-state index contributed by atoms with van der Waals surface area (Å²) in [6.07, 6.45) is 0. The van der Waals surface area contributed by atoms with E-state index in [9.17, 15) is 19.1 Å². The van der Waals surface area contributed by atoms with E-state index in [2.05, 4.69) is 0 Å². The van der Waals surface area contributed by atoms with Crippen LogP contribution in [0.2, 0.25) is 5.02 Å². The third-order valence-electron chi connectivity index (χ3n) is 5.90. The van der Waals surface area contributed by atoms with Crippen molar-refractivity contribution < 1.29 is 28.2 Å². The maximum Gasteiger partial charge on any atom is 0.294 e. The number of halogens is 2. The number of benzene rings is 3. The highest BCUT2D eigenvalue weighted by molar-refractivity contribution is 6.31. The maximum absolute atomic E-state index is 13.7. The van der Waals surface area contributed by atoms with Crippen molar-refractivity contribution in [1.82, 2.24) is 0 Å². The number of carbonyl (C=O) groups is 2. The highest BCUT2D eigenvalue weighted by Gasteiger charge is 2.45. The Morgan fingerprint density at radius 3 is 2.47 bits per heavy atom. The molecule has 1 aliphatic rings. The highest BCUT2D eigenvalue weighted by atomic mass is 35.5. The molecule has 0 bridgehead atoms. The van der Waals surface area contributed by atoms with Crippen LogP contribution in [-0.4, -0.2) is 23.9 Å². The van der Waals surface area contributed by atoms with Gasteiger partial charge in [-0.05, 0) is 54.1 Å². The van der Waals surface area contributed by atoms with Gasteiger partial charge in [-0.1, -0.05) is 23.7 Å². The molecule has 1 aliphatic heterocycles. The molecule has 7 nitrogen and oxygen atoms in total. The number of aliphatic hydroxyl groups is 1. The second-order valence-electron chi connectivity index (χ2n) is 8.02. The Balaban J connectivity index is 1.66. The minimum atomic E-state index is -1.09. The van der Waals surface area contributed by atoms with Crippen LogP contribution in [0, 0.1) is 17.1 Å². The fraction of sp³-hybridized carbons (Fsp3) is 0.0741. The quantitative estimate of drug-likeness (QED) is 0.341. The Bertz CT molecular complexity index is 1600. The van der Waals surface area contributed by atoms with E-state index in [-0.39, 0.29) is 16.9 Å². The summed E-state index contributed by atoms with van der Waals surface area (Å²) in [5.74, 6) is -2.66. The van der Waals surface area contributed by atoms with Gasteiger partial charge in [0.1, 0.15) is 5.82 Å². The van der Waals surface area contributed by atoms with Crippen LogP contribution in [-0.2, 0) is 4.79 Å². The first kappa shape index (κ1) is 23.1. The third kappa shape index (κ3) is 3.76. The van der Waals surface area contributed by atoms with Gasteiger partial charge in [0.15, 0.2) is 22.9 Å². The van der Waals surface area contributed by atoms with Gasteiger partial charge in [0.25, 0.3) is 5.91 Å². The van der Waals surface area contributed by atoms with E-state index in [4.69, 9.17) is 26.0 Å². The van der Waals surface area contributed by atoms with Crippen molar-refractivity contribution in [1.29, 1.82) is 5.26 Å². The fourth-order valence-corrected chi connectivity index (χ4v) is 4.46. The van der Waals surface area contributed by atoms with E-state index in [0.29, 0.717) is 33.0 Å². The van der Waals surface area contributed by atoms with Crippen LogP contribution in [0.25, 0.3) is 11.0 Å². The molecule has 0 fully saturated rings. The second-order valence-corrected chi connectivity index (χ2v) is 8.45. The van der Waals surface area contributed by atoms with Gasteiger partial charge in [-0.25, -0.2) is 4.39 Å². The number of Topliss-reactive ketones (excluding diaryl/α,β-unsaturated/α-hetero) is 1. The minimum Gasteiger partial charge on any atom is -0.503 e. The van der Waals surface area contributed by atoms with Gasteiger partial charge in [0.05, 0.1) is 30.4 Å². The van der Waals surface area contributed by atoms with Crippen LogP contribution in [0.15, 0.2) is 82.5 Å². The average Bonchev–Trinajstić information content (AvgIpc) is 3.42. The van der Waals surface area contributed by atoms with Crippen LogP contribution in [0.1, 0.15) is 27.7 Å². The molecule has 5 rings (SSSR count). The Morgan fingerprint density at radius 2 is 1.83 bits per heavy atom. The maximum atomic E-state index is 13.7. The number of rotatable bonds is 5. The standard InChI is InChI=1S/C27H16ClFN2O5/c1-35-21-12-17(28)10-16-11-20(36-26(16)21)24(32)22-23(15-4-6-18(29)7-5-15)31(27(34)25(22)33)19-8-2-14(13-30)3-9-19/h2-12,23,33H,1H3. The first-order chi connectivity index (χ1) is 17.3. The minimum absolute atomic E-state index is 0.145. The van der Waals surface area contributed by atoms with Gasteiger partial charge in [-0.15, -0.1) is 0 Å². The van der Waals surface area contributed by atoms with Crippen molar-refractivity contribution in [2.75, 3.05) is 12.0 Å². The van der Waals surface area contributed by atoms with Crippen LogP contribution in [0.5, 0.6) is 5.75 Å². The van der Waals surface area contributed by atoms with Crippen molar-refractivity contribution in [3.05, 3.63) is 106 Å². The number of anilines is 1. The molecular formula is C27H16ClFN2O5. The molecule has 0 saturated heterocycles. The number of hydrogen-bond acceptors (Lipinski definition) is 6. The van der Waals surface area contributed by atoms with Gasteiger partial charge in [-0.3, -0.25) is 14.5 Å². The number of ketones is 1. The molecule has 2 heterocycles. The highest BCUT2D eigenvalue weighted by Crippen LogP contribution is 2.43. The van der Waals surface area contributed by atoms with Crippen molar-refractivity contribution in [3.63, 3.8) is 0 Å². The van der Waals surface area contributed by atoms with E-state index in [1.54, 1.807) is 6.07 Å². The van der Waals surface area contributed by atoms with Crippen LogP contribution in [0.4, 0.5) is 10.1 Å². The van der Waals surface area contributed by atoms with Gasteiger partial charge in [0.2, 0.25) is 5.78 Å². The number of nitriles is 1. The SMILES string of the molecule is COc1cc(Cl)cc2cc(C(=O)C3=C(O)C(=O)N(c4ccc(C#N)cc4)C3c3ccc(F)cc3)oc12. The molecule has 9 heteroatoms. The number of fused-ring (bicyclic) bond motifs is 1. The zero-order chi connectivity index (χ0) is 25.6. The number of nitrogens with zero attached hydrogens (tertiary/aromatic N) is 2. The lowest BCUT2D eigenvalue weighted by Crippen LogP contribution is -2.31. The van der Waals surface area contributed by atoms with Gasteiger partial charge in [0, 0.05) is 22.2 Å². The molecule has 3 aromatic carbocycles. The summed E-state index contributed by atoms with van der Waals surface area (Å²) in [6, 6.07) is 16.8. The first-order valence-corrected chi connectivity index (χ1v) is 11.0. The Kier molecular flexibility index (Phi) is 5.71. The number of ether oxygens (including phenoxy) is 1. The van der Waals surface area contributed by atoms with Gasteiger partial charge < -0.3 is 14.3 Å². The fourth-order valence-electron chi connectivity index (χ4n) is 4.24. The molecule has 178 valence electrons. The smallest absolute Gasteiger partial charge is 0.294 e. The summed E-state index contributed by atoms with van der Waals surface area (Å²) in [4.78, 5) is 28.2. The number of carbonyl (C=O) groups excluding carboxylic acids is 2. The molecular weight excluding hydrogens is 487 g/mol. The lowest BCUT2D eigenvalue weighted by atomic mass is 9.94. The van der Waals surface area contributed by atoms with Crippen LogP contribution in [0.3, 0.4) is 0 Å². The van der Waals surface area contributed by atoms with Crippen molar-refractivity contribution in [2.24, 2.45) is 0 Å². The molecule has 36 heavy (non-hydrogen) atoms. The number of furan rings is 1. The Morgan fingerprint density at radius 1 is 1.14 bits per heavy atom. The average molecular weight is 503 g/mol. The molecule has 1 atom stereocenters. The molecule has 0 radical (unpaired) electrons. The zero-order valence-corrected chi connectivity index (χ0v) is 19.4. The van der Waals surface area contributed by atoms with Crippen molar-refractivity contribution in [3.8, 4) is 11.8 Å². The lowest BCUT2D eigenvalue weighted by molar-refractivity contribution is -0.117. The van der Waals surface area contributed by atoms with Crippen LogP contribution >= 0.6 is 11.6 Å². The summed E-state index contributed by atoms with van der Waals surface area (Å²) in [6.45, 7) is 0. The Hall–Kier alpha value is -4.61. The number of aliphatic hydroxyl groups excluding tert-OH is 1. The van der Waals surface area contributed by atoms with Crippen molar-refractivity contribution in [2.45, 2.75) is 6.04 Å². The Labute approximate surface area is 209 Å². The molecule has 4 aromatic rings. The second kappa shape index (κ2) is 8.87. The predicted molar refractivity (Wildman–Crippen MR) is 130 cm³/mol. The number of hydrogen-bond donors (Lipinski definition) is 1. The van der Waals surface area contributed by atoms with E-state index in [1.165, 1.54) is 72.7 Å². The topological polar surface area (TPSA) is 104 Å². The number of methoxy groups -OCH3 is 1. The molecule has 1 amide bonds. The molecule has 1 unspecified atom stereocenters. The molecule has 1 N–H and O–H groups in total. The van der Waals surface area contributed by atoms with E-state index in [1.807, 2.05) is 6.07 Å². The molecule has 0 aliphatic carbocycles. The first-order valence-electron chi connectivity index (χ1n) is 10.7. The van der Waals surface area contributed by atoms with E-state index >= 15 is 0 Å².